The van der Waals surface area contributed by atoms with Crippen molar-refractivity contribution in [3.05, 3.63) is 58.0 Å². The van der Waals surface area contributed by atoms with Gasteiger partial charge in [0.05, 0.1) is 6.54 Å². The molecule has 1 saturated heterocycles. The van der Waals surface area contributed by atoms with E-state index in [2.05, 4.69) is 5.32 Å². The predicted octanol–water partition coefficient (Wildman–Crippen LogP) is 2.99. The van der Waals surface area contributed by atoms with Crippen LogP contribution in [0.15, 0.2) is 42.5 Å². The van der Waals surface area contributed by atoms with Crippen LogP contribution in [0.1, 0.15) is 9.75 Å². The van der Waals surface area contributed by atoms with Crippen LogP contribution < -0.4 is 5.32 Å². The number of nitrogens with one attached hydrogen (secondary N) is 1. The van der Waals surface area contributed by atoms with Gasteiger partial charge in [-0.05, 0) is 43.3 Å². The van der Waals surface area contributed by atoms with E-state index in [1.54, 1.807) is 34.4 Å². The number of rotatable bonds is 5. The Morgan fingerprint density at radius 1 is 1.19 bits per heavy atom. The number of carbonyl (C=O) groups is 2. The molecule has 0 spiro atoms. The first-order valence-corrected chi connectivity index (χ1v) is 9.62. The molecule has 2 amide bonds. The molecule has 27 heavy (non-hydrogen) atoms. The normalized spacial score (nSPS) is 15.3. The summed E-state index contributed by atoms with van der Waals surface area (Å²) in [4.78, 5) is 30.5. The maximum Gasteiger partial charge on any atom is 0.246 e. The highest BCUT2D eigenvalue weighted by atomic mass is 32.1. The summed E-state index contributed by atoms with van der Waals surface area (Å²) in [6, 6.07) is 9.86. The summed E-state index contributed by atoms with van der Waals surface area (Å²) in [7, 11) is 0. The maximum absolute atomic E-state index is 13.2. The first kappa shape index (κ1) is 19.3. The van der Waals surface area contributed by atoms with Crippen molar-refractivity contribution in [1.29, 1.82) is 0 Å². The minimum absolute atomic E-state index is 0.00934. The number of hydrogen-bond donors (Lipinski definition) is 1. The van der Waals surface area contributed by atoms with Crippen LogP contribution in [0.3, 0.4) is 0 Å². The Balaban J connectivity index is 1.43. The van der Waals surface area contributed by atoms with Gasteiger partial charge in [0.15, 0.2) is 0 Å². The molecule has 2 aromatic rings. The Hall–Kier alpha value is -2.51. The lowest BCUT2D eigenvalue weighted by Crippen LogP contribution is -2.50. The van der Waals surface area contributed by atoms with Crippen molar-refractivity contribution in [1.82, 2.24) is 9.80 Å². The van der Waals surface area contributed by atoms with Crippen LogP contribution in [0.5, 0.6) is 0 Å². The summed E-state index contributed by atoms with van der Waals surface area (Å²) in [5.41, 5.74) is 0.447. The van der Waals surface area contributed by atoms with Gasteiger partial charge >= 0.3 is 0 Å². The number of thiophene rings is 1. The molecule has 0 radical (unpaired) electrons. The number of anilines is 1. The molecule has 2 heterocycles. The molecule has 0 saturated carbocycles. The molecule has 142 valence electrons. The van der Waals surface area contributed by atoms with Crippen LogP contribution in [0, 0.1) is 12.7 Å². The highest BCUT2D eigenvalue weighted by Gasteiger charge is 2.21. The summed E-state index contributed by atoms with van der Waals surface area (Å²) >= 11 is 1.65. The lowest BCUT2D eigenvalue weighted by atomic mass is 10.2. The molecule has 0 unspecified atom stereocenters. The average molecular weight is 387 g/mol. The number of hydrogen-bond acceptors (Lipinski definition) is 4. The molecule has 0 aliphatic carbocycles. The second-order valence-electron chi connectivity index (χ2n) is 6.44. The van der Waals surface area contributed by atoms with Crippen molar-refractivity contribution in [3.8, 4) is 0 Å². The van der Waals surface area contributed by atoms with Gasteiger partial charge in [0.25, 0.3) is 0 Å². The fraction of sp³-hybridized carbons (Fsp3) is 0.300. The zero-order valence-electron chi connectivity index (χ0n) is 15.2. The van der Waals surface area contributed by atoms with Gasteiger partial charge in [0.2, 0.25) is 11.8 Å². The zero-order valence-corrected chi connectivity index (χ0v) is 16.0. The smallest absolute Gasteiger partial charge is 0.246 e. The van der Waals surface area contributed by atoms with Gasteiger partial charge in [-0.2, -0.15) is 0 Å². The Labute approximate surface area is 162 Å². The summed E-state index contributed by atoms with van der Waals surface area (Å²) < 4.78 is 13.2. The van der Waals surface area contributed by atoms with Crippen LogP contribution in [0.25, 0.3) is 6.08 Å². The van der Waals surface area contributed by atoms with E-state index in [1.165, 1.54) is 17.0 Å². The van der Waals surface area contributed by atoms with Crippen LogP contribution >= 0.6 is 11.3 Å². The van der Waals surface area contributed by atoms with Gasteiger partial charge in [-0.25, -0.2) is 4.39 Å². The number of aryl methyl sites for hydroxylation is 1. The fourth-order valence-corrected chi connectivity index (χ4v) is 3.68. The lowest BCUT2D eigenvalue weighted by molar-refractivity contribution is -0.127. The van der Waals surface area contributed by atoms with E-state index in [1.807, 2.05) is 30.0 Å². The second kappa shape index (κ2) is 8.92. The molecular weight excluding hydrogens is 365 g/mol. The van der Waals surface area contributed by atoms with Gasteiger partial charge in [-0.1, -0.05) is 6.07 Å². The van der Waals surface area contributed by atoms with Crippen LogP contribution in [-0.2, 0) is 9.59 Å². The van der Waals surface area contributed by atoms with Crippen molar-refractivity contribution in [2.24, 2.45) is 0 Å². The average Bonchev–Trinajstić information content (AvgIpc) is 3.05. The molecule has 5 nitrogen and oxygen atoms in total. The monoisotopic (exact) mass is 387 g/mol. The fourth-order valence-electron chi connectivity index (χ4n) is 2.90. The van der Waals surface area contributed by atoms with Gasteiger partial charge in [0.1, 0.15) is 5.82 Å². The highest BCUT2D eigenvalue weighted by molar-refractivity contribution is 7.12. The van der Waals surface area contributed by atoms with Gasteiger partial charge in [0, 0.05) is 47.7 Å². The van der Waals surface area contributed by atoms with Gasteiger partial charge < -0.3 is 10.2 Å². The number of benzene rings is 1. The summed E-state index contributed by atoms with van der Waals surface area (Å²) in [6.07, 6.45) is 3.45. The lowest BCUT2D eigenvalue weighted by Gasteiger charge is -2.33. The standard InChI is InChI=1S/C20H22FN3O2S/c1-15-5-6-18(27-15)7-8-20(26)24-11-9-23(10-12-24)14-19(25)22-17-4-2-3-16(21)13-17/h2-8,13H,9-12,14H2,1H3,(H,22,25)/b8-7+. The van der Waals surface area contributed by atoms with E-state index in [0.29, 0.717) is 31.9 Å². The molecule has 1 N–H and O–H groups in total. The summed E-state index contributed by atoms with van der Waals surface area (Å²) in [5.74, 6) is -0.580. The third kappa shape index (κ3) is 5.74. The maximum atomic E-state index is 13.2. The molecular formula is C20H22FN3O2S. The van der Waals surface area contributed by atoms with Gasteiger partial charge in [-0.15, -0.1) is 11.3 Å². The molecule has 1 aliphatic heterocycles. The largest absolute Gasteiger partial charge is 0.337 e. The van der Waals surface area contributed by atoms with E-state index in [4.69, 9.17) is 0 Å². The third-order valence-electron chi connectivity index (χ3n) is 4.31. The number of halogens is 1. The SMILES string of the molecule is Cc1ccc(/C=C/C(=O)N2CCN(CC(=O)Nc3cccc(F)c3)CC2)s1. The molecule has 1 aromatic heterocycles. The second-order valence-corrected chi connectivity index (χ2v) is 7.76. The van der Waals surface area contributed by atoms with Crippen molar-refractivity contribution in [2.45, 2.75) is 6.92 Å². The van der Waals surface area contributed by atoms with Gasteiger partial charge in [-0.3, -0.25) is 14.5 Å². The third-order valence-corrected chi connectivity index (χ3v) is 5.28. The molecule has 1 aromatic carbocycles. The number of nitrogens with zero attached hydrogens (tertiary/aromatic N) is 2. The summed E-state index contributed by atoms with van der Waals surface area (Å²) in [6.45, 7) is 4.69. The number of amides is 2. The van der Waals surface area contributed by atoms with E-state index in [-0.39, 0.29) is 24.2 Å². The molecule has 1 aliphatic rings. The molecule has 7 heteroatoms. The number of piperazine rings is 1. The Morgan fingerprint density at radius 2 is 1.96 bits per heavy atom. The van der Waals surface area contributed by atoms with E-state index < -0.39 is 0 Å². The van der Waals surface area contributed by atoms with Crippen LogP contribution in [-0.4, -0.2) is 54.3 Å². The summed E-state index contributed by atoms with van der Waals surface area (Å²) in [5, 5.41) is 2.69. The Morgan fingerprint density at radius 3 is 2.63 bits per heavy atom. The van der Waals surface area contributed by atoms with Crippen LogP contribution in [0.4, 0.5) is 10.1 Å². The molecule has 0 atom stereocenters. The van der Waals surface area contributed by atoms with E-state index in [0.717, 1.165) is 4.88 Å². The molecule has 1 fully saturated rings. The molecule has 3 rings (SSSR count). The van der Waals surface area contributed by atoms with Crippen molar-refractivity contribution >= 4 is 34.9 Å². The first-order chi connectivity index (χ1) is 13.0. The topological polar surface area (TPSA) is 52.7 Å². The highest BCUT2D eigenvalue weighted by Crippen LogP contribution is 2.16. The number of carbonyl (C=O) groups excluding carboxylic acids is 2. The van der Waals surface area contributed by atoms with E-state index >= 15 is 0 Å². The van der Waals surface area contributed by atoms with Crippen molar-refractivity contribution < 1.29 is 14.0 Å². The minimum atomic E-state index is -0.384. The minimum Gasteiger partial charge on any atom is -0.337 e. The molecule has 0 bridgehead atoms. The van der Waals surface area contributed by atoms with Crippen molar-refractivity contribution in [3.63, 3.8) is 0 Å². The van der Waals surface area contributed by atoms with E-state index in [9.17, 15) is 14.0 Å². The zero-order chi connectivity index (χ0) is 19.2. The van der Waals surface area contributed by atoms with Crippen molar-refractivity contribution in [2.75, 3.05) is 38.0 Å². The predicted molar refractivity (Wildman–Crippen MR) is 106 cm³/mol. The first-order valence-electron chi connectivity index (χ1n) is 8.81. The quantitative estimate of drug-likeness (QED) is 0.803. The Bertz CT molecular complexity index is 841. The Kier molecular flexibility index (Phi) is 6.36. The van der Waals surface area contributed by atoms with Crippen LogP contribution in [0.2, 0.25) is 0 Å².